The van der Waals surface area contributed by atoms with Gasteiger partial charge in [0.25, 0.3) is 0 Å². The number of rotatable bonds is 0. The summed E-state index contributed by atoms with van der Waals surface area (Å²) in [6.07, 6.45) is 4.79. The molecular formula is C12H10N2S. The monoisotopic (exact) mass is 214 g/mol. The van der Waals surface area contributed by atoms with Crippen molar-refractivity contribution in [3.63, 3.8) is 0 Å². The molecule has 1 saturated carbocycles. The lowest BCUT2D eigenvalue weighted by atomic mass is 10.1. The van der Waals surface area contributed by atoms with Crippen molar-refractivity contribution in [3.8, 4) is 0 Å². The quantitative estimate of drug-likeness (QED) is 0.714. The highest BCUT2D eigenvalue weighted by Gasteiger charge is 2.69. The van der Waals surface area contributed by atoms with Crippen LogP contribution in [-0.4, -0.2) is 10.9 Å². The number of para-hydroxylation sites is 1. The molecule has 15 heavy (non-hydrogen) atoms. The van der Waals surface area contributed by atoms with Crippen molar-refractivity contribution in [2.75, 3.05) is 10.2 Å². The Kier molecular flexibility index (Phi) is 0.924. The first-order valence-corrected chi connectivity index (χ1v) is 6.34. The minimum absolute atomic E-state index is 0.273. The minimum atomic E-state index is 0.273. The molecule has 1 saturated heterocycles. The lowest BCUT2D eigenvalue weighted by Gasteiger charge is -2.27. The lowest BCUT2D eigenvalue weighted by Crippen LogP contribution is -2.36. The summed E-state index contributed by atoms with van der Waals surface area (Å²) >= 11 is 2.06. The van der Waals surface area contributed by atoms with Gasteiger partial charge in [0, 0.05) is 6.42 Å². The fraction of sp³-hybridized carbons (Fsp3) is 0.333. The van der Waals surface area contributed by atoms with E-state index in [1.54, 1.807) is 0 Å². The Balaban J connectivity index is 1.89. The average Bonchev–Trinajstić information content (AvgIpc) is 2.69. The summed E-state index contributed by atoms with van der Waals surface area (Å²) in [6, 6.07) is 6.64. The molecule has 1 N–H and O–H groups in total. The van der Waals surface area contributed by atoms with Gasteiger partial charge in [0.2, 0.25) is 0 Å². The zero-order chi connectivity index (χ0) is 9.62. The molecule has 2 atom stereocenters. The molecule has 0 radical (unpaired) electrons. The van der Waals surface area contributed by atoms with Crippen molar-refractivity contribution < 1.29 is 0 Å². The van der Waals surface area contributed by atoms with Crippen LogP contribution in [0.15, 0.2) is 29.3 Å². The Morgan fingerprint density at radius 2 is 2.47 bits per heavy atom. The molecule has 2 unspecified atom stereocenters. The van der Waals surface area contributed by atoms with Gasteiger partial charge in [0.1, 0.15) is 5.66 Å². The average molecular weight is 214 g/mol. The van der Waals surface area contributed by atoms with Crippen molar-refractivity contribution in [3.05, 3.63) is 34.9 Å². The number of anilines is 2. The molecule has 0 aromatic heterocycles. The standard InChI is InChI=1S/C12H10N2S/c1-2-7-4-5-10-14-11(7)8(3-1)13-12(14)6-9(12)15-10/h1-3,5,9,13H,4,6H2. The largest absolute Gasteiger partial charge is 0.360 e. The van der Waals surface area contributed by atoms with E-state index in [2.05, 4.69) is 46.3 Å². The van der Waals surface area contributed by atoms with Gasteiger partial charge in [0.05, 0.1) is 21.7 Å². The van der Waals surface area contributed by atoms with Crippen LogP contribution in [0.5, 0.6) is 0 Å². The maximum absolute atomic E-state index is 3.72. The molecule has 74 valence electrons. The van der Waals surface area contributed by atoms with Gasteiger partial charge in [-0.3, -0.25) is 0 Å². The molecule has 3 aliphatic heterocycles. The van der Waals surface area contributed by atoms with E-state index in [1.165, 1.54) is 28.4 Å². The Hall–Kier alpha value is -1.09. The number of nitrogens with zero attached hydrogens (tertiary/aromatic N) is 1. The van der Waals surface area contributed by atoms with Crippen LogP contribution in [0.2, 0.25) is 0 Å². The van der Waals surface area contributed by atoms with Crippen LogP contribution in [0.4, 0.5) is 11.4 Å². The fourth-order valence-corrected chi connectivity index (χ4v) is 4.71. The predicted molar refractivity (Wildman–Crippen MR) is 63.1 cm³/mol. The van der Waals surface area contributed by atoms with Crippen LogP contribution < -0.4 is 10.2 Å². The molecule has 1 aliphatic carbocycles. The zero-order valence-corrected chi connectivity index (χ0v) is 8.97. The lowest BCUT2D eigenvalue weighted by molar-refractivity contribution is 0.772. The second-order valence-corrected chi connectivity index (χ2v) is 5.98. The third-order valence-electron chi connectivity index (χ3n) is 3.94. The molecule has 3 heteroatoms. The Bertz CT molecular complexity index is 536. The molecule has 1 aromatic carbocycles. The van der Waals surface area contributed by atoms with Gasteiger partial charge in [-0.15, -0.1) is 11.8 Å². The predicted octanol–water partition coefficient (Wildman–Crippen LogP) is 2.53. The second kappa shape index (κ2) is 1.92. The van der Waals surface area contributed by atoms with Gasteiger partial charge in [-0.1, -0.05) is 12.1 Å². The third-order valence-corrected chi connectivity index (χ3v) is 5.37. The van der Waals surface area contributed by atoms with Crippen molar-refractivity contribution >= 4 is 23.1 Å². The Morgan fingerprint density at radius 1 is 1.47 bits per heavy atom. The highest BCUT2D eigenvalue weighted by atomic mass is 32.2. The van der Waals surface area contributed by atoms with Gasteiger partial charge in [-0.25, -0.2) is 0 Å². The van der Waals surface area contributed by atoms with Crippen LogP contribution >= 0.6 is 11.8 Å². The highest BCUT2D eigenvalue weighted by molar-refractivity contribution is 8.04. The van der Waals surface area contributed by atoms with Gasteiger partial charge < -0.3 is 10.2 Å². The summed E-state index contributed by atoms with van der Waals surface area (Å²) in [7, 11) is 0. The molecule has 2 fully saturated rings. The molecule has 0 amide bonds. The molecular weight excluding hydrogens is 204 g/mol. The summed E-state index contributed by atoms with van der Waals surface area (Å²) in [4.78, 5) is 2.55. The number of thioether (sulfide) groups is 1. The maximum Gasteiger partial charge on any atom is 0.129 e. The van der Waals surface area contributed by atoms with Crippen molar-refractivity contribution in [2.45, 2.75) is 23.8 Å². The van der Waals surface area contributed by atoms with Crippen LogP contribution in [0.3, 0.4) is 0 Å². The van der Waals surface area contributed by atoms with Crippen LogP contribution in [0.1, 0.15) is 12.0 Å². The molecule has 1 spiro atoms. The highest BCUT2D eigenvalue weighted by Crippen LogP contribution is 2.68. The minimum Gasteiger partial charge on any atom is -0.360 e. The molecule has 3 heterocycles. The van der Waals surface area contributed by atoms with Gasteiger partial charge in [-0.05, 0) is 24.1 Å². The number of allylic oxidation sites excluding steroid dienone is 1. The summed E-state index contributed by atoms with van der Waals surface area (Å²) in [5.74, 6) is 0. The first kappa shape index (κ1) is 7.23. The SMILES string of the molecule is C1=C2SC3CC34Nc3cccc(c3N24)C1. The van der Waals surface area contributed by atoms with E-state index in [-0.39, 0.29) is 5.66 Å². The molecule has 4 aliphatic rings. The number of hydrogen-bond acceptors (Lipinski definition) is 3. The third kappa shape index (κ3) is 0.617. The van der Waals surface area contributed by atoms with Crippen molar-refractivity contribution in [1.29, 1.82) is 0 Å². The molecule has 1 aromatic rings. The normalized spacial score (nSPS) is 36.9. The van der Waals surface area contributed by atoms with E-state index < -0.39 is 0 Å². The first-order valence-electron chi connectivity index (χ1n) is 5.46. The zero-order valence-electron chi connectivity index (χ0n) is 8.16. The van der Waals surface area contributed by atoms with Gasteiger partial charge in [-0.2, -0.15) is 0 Å². The molecule has 2 nitrogen and oxygen atoms in total. The topological polar surface area (TPSA) is 15.3 Å². The first-order chi connectivity index (χ1) is 7.38. The summed E-state index contributed by atoms with van der Waals surface area (Å²) in [6.45, 7) is 0. The Morgan fingerprint density at radius 3 is 3.47 bits per heavy atom. The van der Waals surface area contributed by atoms with Gasteiger partial charge >= 0.3 is 0 Å². The van der Waals surface area contributed by atoms with Crippen molar-refractivity contribution in [1.82, 2.24) is 0 Å². The number of nitrogens with one attached hydrogen (secondary N) is 1. The van der Waals surface area contributed by atoms with E-state index in [4.69, 9.17) is 0 Å². The fourth-order valence-electron chi connectivity index (χ4n) is 3.18. The molecule has 0 bridgehead atoms. The van der Waals surface area contributed by atoms with Crippen LogP contribution in [0.25, 0.3) is 0 Å². The molecule has 5 rings (SSSR count). The van der Waals surface area contributed by atoms with Crippen LogP contribution in [-0.2, 0) is 6.42 Å². The van der Waals surface area contributed by atoms with E-state index in [0.29, 0.717) is 0 Å². The maximum atomic E-state index is 3.72. The Labute approximate surface area is 92.3 Å². The summed E-state index contributed by atoms with van der Waals surface area (Å²) in [5, 5.41) is 5.98. The van der Waals surface area contributed by atoms with Gasteiger partial charge in [0.15, 0.2) is 0 Å². The van der Waals surface area contributed by atoms with E-state index in [1.807, 2.05) is 0 Å². The van der Waals surface area contributed by atoms with Crippen LogP contribution in [0, 0.1) is 0 Å². The number of benzene rings is 1. The van der Waals surface area contributed by atoms with E-state index >= 15 is 0 Å². The summed E-state index contributed by atoms with van der Waals surface area (Å²) < 4.78 is 0. The van der Waals surface area contributed by atoms with E-state index in [9.17, 15) is 0 Å². The van der Waals surface area contributed by atoms with E-state index in [0.717, 1.165) is 11.7 Å². The van der Waals surface area contributed by atoms with Crippen molar-refractivity contribution in [2.24, 2.45) is 0 Å². The second-order valence-electron chi connectivity index (χ2n) is 4.76. The number of hydrogen-bond donors (Lipinski definition) is 1. The smallest absolute Gasteiger partial charge is 0.129 e. The summed E-state index contributed by atoms with van der Waals surface area (Å²) in [5.41, 5.74) is 4.56.